The molecule has 2 aromatic heterocycles. The summed E-state index contributed by atoms with van der Waals surface area (Å²) >= 11 is 1.24. The molecule has 0 unspecified atom stereocenters. The predicted octanol–water partition coefficient (Wildman–Crippen LogP) is 5.07. The Morgan fingerprint density at radius 2 is 1.72 bits per heavy atom. The van der Waals surface area contributed by atoms with Gasteiger partial charge in [-0.2, -0.15) is 0 Å². The zero-order valence-corrected chi connectivity index (χ0v) is 27.6. The van der Waals surface area contributed by atoms with Crippen molar-refractivity contribution < 1.29 is 28.9 Å². The van der Waals surface area contributed by atoms with Crippen LogP contribution in [0.1, 0.15) is 52.8 Å². The lowest BCUT2D eigenvalue weighted by Crippen LogP contribution is -2.40. The second-order valence-electron chi connectivity index (χ2n) is 11.1. The quantitative estimate of drug-likeness (QED) is 0.233. The summed E-state index contributed by atoms with van der Waals surface area (Å²) in [5.74, 6) is -0.439. The summed E-state index contributed by atoms with van der Waals surface area (Å²) in [5.41, 5.74) is 4.62. The van der Waals surface area contributed by atoms with Crippen molar-refractivity contribution in [3.63, 3.8) is 0 Å². The van der Waals surface area contributed by atoms with Gasteiger partial charge in [-0.15, -0.1) is 0 Å². The highest BCUT2D eigenvalue weighted by atomic mass is 32.1. The Morgan fingerprint density at radius 1 is 1.00 bits per heavy atom. The van der Waals surface area contributed by atoms with Gasteiger partial charge < -0.3 is 23.9 Å². The van der Waals surface area contributed by atoms with E-state index in [1.54, 1.807) is 56.9 Å². The molecule has 1 aliphatic rings. The molecule has 0 aliphatic carbocycles. The van der Waals surface area contributed by atoms with E-state index in [1.807, 2.05) is 60.9 Å². The Bertz CT molecular complexity index is 2290. The van der Waals surface area contributed by atoms with Crippen molar-refractivity contribution in [1.82, 2.24) is 9.13 Å². The van der Waals surface area contributed by atoms with Gasteiger partial charge in [0.25, 0.3) is 5.56 Å². The van der Waals surface area contributed by atoms with Gasteiger partial charge in [0.15, 0.2) is 4.80 Å². The van der Waals surface area contributed by atoms with Crippen LogP contribution >= 0.6 is 11.3 Å². The number of rotatable bonds is 8. The van der Waals surface area contributed by atoms with Gasteiger partial charge in [0.1, 0.15) is 17.5 Å². The number of benzene rings is 3. The van der Waals surface area contributed by atoms with E-state index in [0.29, 0.717) is 32.1 Å². The van der Waals surface area contributed by atoms with E-state index in [4.69, 9.17) is 19.2 Å². The minimum atomic E-state index is -0.992. The van der Waals surface area contributed by atoms with Gasteiger partial charge in [-0.3, -0.25) is 9.36 Å². The van der Waals surface area contributed by atoms with Gasteiger partial charge in [0, 0.05) is 22.6 Å². The molecule has 0 spiro atoms. The van der Waals surface area contributed by atoms with Gasteiger partial charge in [-0.1, -0.05) is 23.5 Å². The number of allylic oxidation sites excluding steroid dienone is 1. The Balaban J connectivity index is 1.59. The van der Waals surface area contributed by atoms with Crippen LogP contribution in [0.3, 0.4) is 0 Å². The molecular weight excluding hydrogens is 618 g/mol. The first-order chi connectivity index (χ1) is 22.6. The van der Waals surface area contributed by atoms with Crippen LogP contribution in [0.4, 0.5) is 0 Å². The van der Waals surface area contributed by atoms with E-state index in [1.165, 1.54) is 11.3 Å². The van der Waals surface area contributed by atoms with Crippen LogP contribution in [-0.2, 0) is 9.53 Å². The average molecular weight is 652 g/mol. The van der Waals surface area contributed by atoms with E-state index >= 15 is 0 Å². The van der Waals surface area contributed by atoms with Gasteiger partial charge in [-0.05, 0) is 98.6 Å². The van der Waals surface area contributed by atoms with Crippen molar-refractivity contribution in [2.75, 3.05) is 20.8 Å². The number of nitrogens with zero attached hydrogens (tertiary/aromatic N) is 3. The molecule has 3 heterocycles. The molecule has 1 N–H and O–H groups in total. The Hall–Kier alpha value is -5.42. The number of aromatic carboxylic acids is 1. The molecule has 11 heteroatoms. The van der Waals surface area contributed by atoms with Crippen LogP contribution in [-0.4, -0.2) is 47.0 Å². The SMILES string of the molecule is CCOC(=O)C1=C(C)N=c2s/c(=C\c3cc(C)n(-c4ccc(C(=O)O)cc4)c3C)c(=O)n2[C@@H]1c1c(OC)ccc2ccc(OC)cc12. The fourth-order valence-electron chi connectivity index (χ4n) is 6.18. The summed E-state index contributed by atoms with van der Waals surface area (Å²) < 4.78 is 20.9. The van der Waals surface area contributed by atoms with Crippen LogP contribution in [0.25, 0.3) is 22.5 Å². The van der Waals surface area contributed by atoms with E-state index in [9.17, 15) is 19.5 Å². The summed E-state index contributed by atoms with van der Waals surface area (Å²) in [4.78, 5) is 44.6. The molecule has 0 bridgehead atoms. The Kier molecular flexibility index (Phi) is 8.33. The third-order valence-electron chi connectivity index (χ3n) is 8.37. The van der Waals surface area contributed by atoms with Crippen LogP contribution in [0.15, 0.2) is 81.7 Å². The van der Waals surface area contributed by atoms with Crippen molar-refractivity contribution in [3.05, 3.63) is 120 Å². The number of methoxy groups -OCH3 is 2. The topological polar surface area (TPSA) is 121 Å². The normalized spacial score (nSPS) is 14.6. The number of hydrogen-bond acceptors (Lipinski definition) is 8. The summed E-state index contributed by atoms with van der Waals surface area (Å²) in [6.45, 7) is 7.53. The fourth-order valence-corrected chi connectivity index (χ4v) is 7.22. The van der Waals surface area contributed by atoms with Crippen LogP contribution < -0.4 is 24.4 Å². The average Bonchev–Trinajstić information content (AvgIpc) is 3.52. The number of hydrogen-bond donors (Lipinski definition) is 1. The fraction of sp³-hybridized carbons (Fsp3) is 0.222. The predicted molar refractivity (Wildman–Crippen MR) is 180 cm³/mol. The van der Waals surface area contributed by atoms with Gasteiger partial charge in [0.2, 0.25) is 0 Å². The molecule has 0 saturated heterocycles. The van der Waals surface area contributed by atoms with Gasteiger partial charge >= 0.3 is 11.9 Å². The smallest absolute Gasteiger partial charge is 0.338 e. The molecule has 10 nitrogen and oxygen atoms in total. The lowest BCUT2D eigenvalue weighted by molar-refractivity contribution is -0.139. The number of esters is 1. The molecule has 47 heavy (non-hydrogen) atoms. The van der Waals surface area contributed by atoms with E-state index < -0.39 is 18.0 Å². The summed E-state index contributed by atoms with van der Waals surface area (Å²) in [7, 11) is 3.14. The maximum absolute atomic E-state index is 14.4. The maximum atomic E-state index is 14.4. The second-order valence-corrected chi connectivity index (χ2v) is 12.1. The van der Waals surface area contributed by atoms with E-state index in [-0.39, 0.29) is 23.3 Å². The summed E-state index contributed by atoms with van der Waals surface area (Å²) in [5, 5.41) is 11.0. The van der Waals surface area contributed by atoms with Gasteiger partial charge in [0.05, 0.1) is 42.2 Å². The molecule has 5 aromatic rings. The van der Waals surface area contributed by atoms with E-state index in [0.717, 1.165) is 33.4 Å². The number of carboxylic acid groups (broad SMARTS) is 1. The third-order valence-corrected chi connectivity index (χ3v) is 9.35. The highest BCUT2D eigenvalue weighted by molar-refractivity contribution is 7.07. The first-order valence-corrected chi connectivity index (χ1v) is 15.8. The zero-order chi connectivity index (χ0) is 33.6. The molecule has 0 amide bonds. The number of aromatic nitrogens is 2. The monoisotopic (exact) mass is 651 g/mol. The van der Waals surface area contributed by atoms with Gasteiger partial charge in [-0.25, -0.2) is 14.6 Å². The second kappa shape index (κ2) is 12.4. The molecule has 0 radical (unpaired) electrons. The molecule has 1 aliphatic heterocycles. The number of aryl methyl sites for hydroxylation is 1. The van der Waals surface area contributed by atoms with Crippen molar-refractivity contribution in [1.29, 1.82) is 0 Å². The molecule has 240 valence electrons. The standard InChI is InChI=1S/C36H33N3O7S/c1-7-46-35(43)30-20(3)37-36-39(32(30)31-27-18-26(44-5)14-10-22(27)11-15-28(31)45-6)33(40)29(47-36)17-24-16-19(2)38(21(24)4)25-12-8-23(9-13-25)34(41)42/h8-18,32H,7H2,1-6H3,(H,41,42)/b29-17-/t32-/m0/s1. The Morgan fingerprint density at radius 3 is 2.38 bits per heavy atom. The third kappa shape index (κ3) is 5.42. The summed E-state index contributed by atoms with van der Waals surface area (Å²) in [6, 6.07) is 17.1. The largest absolute Gasteiger partial charge is 0.497 e. The zero-order valence-electron chi connectivity index (χ0n) is 26.8. The van der Waals surface area contributed by atoms with Crippen molar-refractivity contribution >= 4 is 40.1 Å². The van der Waals surface area contributed by atoms with Crippen molar-refractivity contribution in [2.45, 2.75) is 33.7 Å². The number of carbonyl (C=O) groups excluding carboxylic acids is 1. The van der Waals surface area contributed by atoms with Crippen LogP contribution in [0, 0.1) is 13.8 Å². The van der Waals surface area contributed by atoms with Crippen molar-refractivity contribution in [3.8, 4) is 17.2 Å². The first kappa shape index (κ1) is 31.6. The van der Waals surface area contributed by atoms with Crippen LogP contribution in [0.5, 0.6) is 11.5 Å². The minimum absolute atomic E-state index is 0.155. The number of carboxylic acids is 1. The van der Waals surface area contributed by atoms with E-state index in [2.05, 4.69) is 0 Å². The first-order valence-electron chi connectivity index (χ1n) is 14.9. The minimum Gasteiger partial charge on any atom is -0.497 e. The molecule has 6 rings (SSSR count). The molecule has 0 saturated carbocycles. The lowest BCUT2D eigenvalue weighted by atomic mass is 9.90. The molecule has 3 aromatic carbocycles. The van der Waals surface area contributed by atoms with Crippen LogP contribution in [0.2, 0.25) is 0 Å². The highest BCUT2D eigenvalue weighted by Crippen LogP contribution is 2.41. The molecule has 1 atom stereocenters. The number of thiazole rings is 1. The van der Waals surface area contributed by atoms with Crippen molar-refractivity contribution in [2.24, 2.45) is 4.99 Å². The summed E-state index contributed by atoms with van der Waals surface area (Å²) in [6.07, 6.45) is 1.83. The Labute approximate surface area is 274 Å². The number of ether oxygens (including phenoxy) is 3. The number of carbonyl (C=O) groups is 2. The number of fused-ring (bicyclic) bond motifs is 2. The highest BCUT2D eigenvalue weighted by Gasteiger charge is 2.36. The molecular formula is C36H33N3O7S. The maximum Gasteiger partial charge on any atom is 0.338 e. The molecule has 0 fully saturated rings. The lowest BCUT2D eigenvalue weighted by Gasteiger charge is -2.27.